The summed E-state index contributed by atoms with van der Waals surface area (Å²) in [6, 6.07) is 9.63. The first kappa shape index (κ1) is 12.3. The van der Waals surface area contributed by atoms with Gasteiger partial charge >= 0.3 is 0 Å². The van der Waals surface area contributed by atoms with Crippen LogP contribution in [-0.4, -0.2) is 19.7 Å². The van der Waals surface area contributed by atoms with Crippen molar-refractivity contribution in [2.75, 3.05) is 5.73 Å². The van der Waals surface area contributed by atoms with Crippen LogP contribution in [0.2, 0.25) is 0 Å². The molecule has 0 radical (unpaired) electrons. The van der Waals surface area contributed by atoms with Gasteiger partial charge in [0.1, 0.15) is 0 Å². The van der Waals surface area contributed by atoms with Crippen molar-refractivity contribution in [1.29, 1.82) is 0 Å². The van der Waals surface area contributed by atoms with Gasteiger partial charge in [0.2, 0.25) is 0 Å². The first-order chi connectivity index (χ1) is 9.61. The summed E-state index contributed by atoms with van der Waals surface area (Å²) in [6.07, 6.45) is 3.71. The highest BCUT2D eigenvalue weighted by Crippen LogP contribution is 2.20. The molecule has 0 spiro atoms. The normalized spacial score (nSPS) is 10.7. The van der Waals surface area contributed by atoms with Gasteiger partial charge in [-0.2, -0.15) is 5.10 Å². The molecule has 0 amide bonds. The largest absolute Gasteiger partial charge is 0.399 e. The Kier molecular flexibility index (Phi) is 2.95. The zero-order chi connectivity index (χ0) is 14.1. The fourth-order valence-corrected chi connectivity index (χ4v) is 2.07. The molecule has 3 aromatic rings. The van der Waals surface area contributed by atoms with E-state index < -0.39 is 0 Å². The molecule has 0 saturated carbocycles. The standard InChI is InChI=1S/C15H15N5/c1-10-7-11(2)19-15(18-10)20-9-13(8-17-20)12-3-5-14(16)6-4-12/h3-9H,16H2,1-2H3. The lowest BCUT2D eigenvalue weighted by molar-refractivity contribution is 0.794. The van der Waals surface area contributed by atoms with E-state index in [2.05, 4.69) is 15.1 Å². The Balaban J connectivity index is 1.99. The van der Waals surface area contributed by atoms with Crippen LogP contribution < -0.4 is 5.73 Å². The smallest absolute Gasteiger partial charge is 0.250 e. The van der Waals surface area contributed by atoms with Crippen molar-refractivity contribution >= 4 is 5.69 Å². The van der Waals surface area contributed by atoms with E-state index in [1.54, 1.807) is 10.9 Å². The third-order valence-corrected chi connectivity index (χ3v) is 3.00. The van der Waals surface area contributed by atoms with Crippen LogP contribution in [0.25, 0.3) is 17.1 Å². The van der Waals surface area contributed by atoms with Crippen LogP contribution >= 0.6 is 0 Å². The second kappa shape index (κ2) is 4.77. The first-order valence-electron chi connectivity index (χ1n) is 6.35. The summed E-state index contributed by atoms with van der Waals surface area (Å²) in [5, 5.41) is 4.33. The van der Waals surface area contributed by atoms with Gasteiger partial charge in [-0.05, 0) is 37.6 Å². The lowest BCUT2D eigenvalue weighted by Gasteiger charge is -2.02. The molecule has 2 aromatic heterocycles. The fraction of sp³-hybridized carbons (Fsp3) is 0.133. The Morgan fingerprint density at radius 3 is 2.25 bits per heavy atom. The van der Waals surface area contributed by atoms with Gasteiger partial charge in [-0.1, -0.05) is 12.1 Å². The molecule has 0 fully saturated rings. The van der Waals surface area contributed by atoms with Crippen LogP contribution in [0, 0.1) is 13.8 Å². The minimum Gasteiger partial charge on any atom is -0.399 e. The molecule has 5 nitrogen and oxygen atoms in total. The molecule has 0 aliphatic carbocycles. The molecule has 5 heteroatoms. The van der Waals surface area contributed by atoms with Crippen molar-refractivity contribution in [1.82, 2.24) is 19.7 Å². The van der Waals surface area contributed by atoms with Gasteiger partial charge < -0.3 is 5.73 Å². The highest BCUT2D eigenvalue weighted by Gasteiger charge is 2.06. The summed E-state index contributed by atoms with van der Waals surface area (Å²) < 4.78 is 1.69. The lowest BCUT2D eigenvalue weighted by Crippen LogP contribution is -2.03. The molecule has 20 heavy (non-hydrogen) atoms. The molecular weight excluding hydrogens is 250 g/mol. The van der Waals surface area contributed by atoms with Crippen LogP contribution in [0.3, 0.4) is 0 Å². The third kappa shape index (κ3) is 2.38. The molecule has 2 N–H and O–H groups in total. The highest BCUT2D eigenvalue weighted by atomic mass is 15.3. The summed E-state index contributed by atoms with van der Waals surface area (Å²) in [5.41, 5.74) is 10.4. The van der Waals surface area contributed by atoms with E-state index in [1.165, 1.54) is 0 Å². The number of hydrogen-bond acceptors (Lipinski definition) is 4. The fourth-order valence-electron chi connectivity index (χ4n) is 2.07. The second-order valence-electron chi connectivity index (χ2n) is 4.75. The first-order valence-corrected chi connectivity index (χ1v) is 6.35. The van der Waals surface area contributed by atoms with Crippen LogP contribution in [0.5, 0.6) is 0 Å². The molecule has 2 heterocycles. The molecule has 0 bridgehead atoms. The number of benzene rings is 1. The summed E-state index contributed by atoms with van der Waals surface area (Å²) >= 11 is 0. The van der Waals surface area contributed by atoms with Gasteiger partial charge in [-0.3, -0.25) is 0 Å². The predicted octanol–water partition coefficient (Wildman–Crippen LogP) is 2.53. The van der Waals surface area contributed by atoms with Crippen molar-refractivity contribution in [3.8, 4) is 17.1 Å². The molecule has 1 aromatic carbocycles. The molecule has 0 saturated heterocycles. The maximum atomic E-state index is 5.69. The Morgan fingerprint density at radius 1 is 0.950 bits per heavy atom. The molecule has 0 unspecified atom stereocenters. The van der Waals surface area contributed by atoms with E-state index in [9.17, 15) is 0 Å². The topological polar surface area (TPSA) is 69.6 Å². The van der Waals surface area contributed by atoms with Crippen molar-refractivity contribution in [3.63, 3.8) is 0 Å². The number of aromatic nitrogens is 4. The molecular formula is C15H15N5. The zero-order valence-corrected chi connectivity index (χ0v) is 11.4. The Bertz CT molecular complexity index is 723. The van der Waals surface area contributed by atoms with E-state index in [4.69, 9.17) is 5.73 Å². The van der Waals surface area contributed by atoms with Crippen molar-refractivity contribution in [2.45, 2.75) is 13.8 Å². The second-order valence-corrected chi connectivity index (χ2v) is 4.75. The van der Waals surface area contributed by atoms with Crippen LogP contribution in [0.1, 0.15) is 11.4 Å². The van der Waals surface area contributed by atoms with Gasteiger partial charge in [0, 0.05) is 28.8 Å². The van der Waals surface area contributed by atoms with Crippen molar-refractivity contribution in [3.05, 3.63) is 54.1 Å². The lowest BCUT2D eigenvalue weighted by atomic mass is 10.1. The maximum absolute atomic E-state index is 5.69. The highest BCUT2D eigenvalue weighted by molar-refractivity contribution is 5.64. The van der Waals surface area contributed by atoms with Gasteiger partial charge in [0.25, 0.3) is 5.95 Å². The van der Waals surface area contributed by atoms with Crippen LogP contribution in [-0.2, 0) is 0 Å². The maximum Gasteiger partial charge on any atom is 0.250 e. The number of hydrogen-bond donors (Lipinski definition) is 1. The van der Waals surface area contributed by atoms with Crippen molar-refractivity contribution < 1.29 is 0 Å². The number of nitrogens with zero attached hydrogens (tertiary/aromatic N) is 4. The zero-order valence-electron chi connectivity index (χ0n) is 11.4. The molecule has 0 atom stereocenters. The monoisotopic (exact) mass is 265 g/mol. The summed E-state index contributed by atoms with van der Waals surface area (Å²) in [7, 11) is 0. The Labute approximate surface area is 117 Å². The summed E-state index contributed by atoms with van der Waals surface area (Å²) in [6.45, 7) is 3.89. The third-order valence-electron chi connectivity index (χ3n) is 3.00. The van der Waals surface area contributed by atoms with E-state index in [0.29, 0.717) is 5.95 Å². The Morgan fingerprint density at radius 2 is 1.60 bits per heavy atom. The molecule has 0 aliphatic heterocycles. The minimum atomic E-state index is 0.587. The minimum absolute atomic E-state index is 0.587. The SMILES string of the molecule is Cc1cc(C)nc(-n2cc(-c3ccc(N)cc3)cn2)n1. The van der Waals surface area contributed by atoms with Gasteiger partial charge in [-0.15, -0.1) is 0 Å². The van der Waals surface area contributed by atoms with Crippen LogP contribution in [0.15, 0.2) is 42.7 Å². The number of aryl methyl sites for hydroxylation is 2. The average molecular weight is 265 g/mol. The average Bonchev–Trinajstić information content (AvgIpc) is 2.88. The summed E-state index contributed by atoms with van der Waals surface area (Å²) in [5.74, 6) is 0.587. The van der Waals surface area contributed by atoms with E-state index >= 15 is 0 Å². The van der Waals surface area contributed by atoms with Gasteiger partial charge in [0.05, 0.1) is 6.20 Å². The molecule has 100 valence electrons. The number of anilines is 1. The quantitative estimate of drug-likeness (QED) is 0.723. The van der Waals surface area contributed by atoms with Crippen LogP contribution in [0.4, 0.5) is 5.69 Å². The number of rotatable bonds is 2. The molecule has 0 aliphatic rings. The number of nitrogen functional groups attached to an aromatic ring is 1. The predicted molar refractivity (Wildman–Crippen MR) is 78.5 cm³/mol. The van der Waals surface area contributed by atoms with Crippen molar-refractivity contribution in [2.24, 2.45) is 0 Å². The van der Waals surface area contributed by atoms with Gasteiger partial charge in [0.15, 0.2) is 0 Å². The molecule has 3 rings (SSSR count). The van der Waals surface area contributed by atoms with E-state index in [1.807, 2.05) is 50.4 Å². The Hall–Kier alpha value is -2.69. The number of nitrogens with two attached hydrogens (primary N) is 1. The van der Waals surface area contributed by atoms with E-state index in [-0.39, 0.29) is 0 Å². The van der Waals surface area contributed by atoms with Gasteiger partial charge in [-0.25, -0.2) is 14.6 Å². The summed E-state index contributed by atoms with van der Waals surface area (Å²) in [4.78, 5) is 8.79. The van der Waals surface area contributed by atoms with E-state index in [0.717, 1.165) is 28.2 Å².